The maximum absolute atomic E-state index is 14.6. The zero-order valence-electron chi connectivity index (χ0n) is 16.9. The summed E-state index contributed by atoms with van der Waals surface area (Å²) in [6.07, 6.45) is 4.84. The van der Waals surface area contributed by atoms with Crippen LogP contribution in [0.15, 0.2) is 47.6 Å². The Hall–Kier alpha value is -2.18. The number of likely N-dealkylation sites (tertiary alicyclic amines) is 1. The first kappa shape index (κ1) is 21.5. The second-order valence-electron chi connectivity index (χ2n) is 7.11. The van der Waals surface area contributed by atoms with Crippen molar-refractivity contribution in [2.75, 3.05) is 32.7 Å². The van der Waals surface area contributed by atoms with E-state index in [1.54, 1.807) is 18.3 Å². The van der Waals surface area contributed by atoms with E-state index in [2.05, 4.69) is 20.5 Å². The normalized spacial score (nSPS) is 16.0. The first-order chi connectivity index (χ1) is 14.2. The standard InChI is InChI=1S/C22H29ClFN5/c1-2-25-22(27-13-11-17-8-3-4-12-26-17)28-16-20(29-14-5-6-15-29)21-18(23)9-7-10-19(21)24/h3-4,7-10,12,20H,2,5-6,11,13-16H2,1H3,(H2,25,27,28). The minimum Gasteiger partial charge on any atom is -0.357 e. The Labute approximate surface area is 177 Å². The van der Waals surface area contributed by atoms with Crippen molar-refractivity contribution in [3.63, 3.8) is 0 Å². The van der Waals surface area contributed by atoms with Crippen LogP contribution < -0.4 is 10.6 Å². The molecule has 1 aliphatic rings. The summed E-state index contributed by atoms with van der Waals surface area (Å²) in [5.41, 5.74) is 1.58. The first-order valence-corrected chi connectivity index (χ1v) is 10.7. The molecular weight excluding hydrogens is 389 g/mol. The Morgan fingerprint density at radius 2 is 2.03 bits per heavy atom. The summed E-state index contributed by atoms with van der Waals surface area (Å²) in [7, 11) is 0. The molecule has 2 heterocycles. The topological polar surface area (TPSA) is 52.6 Å². The molecule has 1 aromatic carbocycles. The number of aliphatic imine (C=N–C) groups is 1. The van der Waals surface area contributed by atoms with E-state index in [1.807, 2.05) is 25.1 Å². The van der Waals surface area contributed by atoms with E-state index >= 15 is 0 Å². The lowest BCUT2D eigenvalue weighted by Crippen LogP contribution is -2.39. The molecule has 0 spiro atoms. The Bertz CT molecular complexity index is 773. The third-order valence-corrected chi connectivity index (χ3v) is 5.41. The number of hydrogen-bond acceptors (Lipinski definition) is 3. The molecular formula is C22H29ClFN5. The highest BCUT2D eigenvalue weighted by Gasteiger charge is 2.27. The molecule has 7 heteroatoms. The molecule has 3 rings (SSSR count). The molecule has 1 aliphatic heterocycles. The summed E-state index contributed by atoms with van der Waals surface area (Å²) in [4.78, 5) is 11.4. The van der Waals surface area contributed by atoms with Crippen molar-refractivity contribution in [1.82, 2.24) is 20.5 Å². The lowest BCUT2D eigenvalue weighted by atomic mass is 10.0. The van der Waals surface area contributed by atoms with Crippen LogP contribution in [0.4, 0.5) is 4.39 Å². The van der Waals surface area contributed by atoms with Crippen molar-refractivity contribution in [1.29, 1.82) is 0 Å². The van der Waals surface area contributed by atoms with E-state index in [0.717, 1.165) is 57.1 Å². The highest BCUT2D eigenvalue weighted by Crippen LogP contribution is 2.32. The average molecular weight is 418 g/mol. The van der Waals surface area contributed by atoms with Crippen LogP contribution in [-0.2, 0) is 6.42 Å². The van der Waals surface area contributed by atoms with E-state index in [1.165, 1.54) is 6.07 Å². The summed E-state index contributed by atoms with van der Waals surface area (Å²) in [6.45, 7) is 5.83. The zero-order valence-corrected chi connectivity index (χ0v) is 17.6. The predicted molar refractivity (Wildman–Crippen MR) is 117 cm³/mol. The van der Waals surface area contributed by atoms with Gasteiger partial charge in [-0.2, -0.15) is 0 Å². The largest absolute Gasteiger partial charge is 0.357 e. The number of rotatable bonds is 8. The van der Waals surface area contributed by atoms with Crippen molar-refractivity contribution < 1.29 is 4.39 Å². The maximum atomic E-state index is 14.6. The van der Waals surface area contributed by atoms with E-state index in [0.29, 0.717) is 17.1 Å². The van der Waals surface area contributed by atoms with Crippen LogP contribution in [0.5, 0.6) is 0 Å². The molecule has 1 atom stereocenters. The number of nitrogens with one attached hydrogen (secondary N) is 2. The average Bonchev–Trinajstić information content (AvgIpc) is 3.25. The number of benzene rings is 1. The van der Waals surface area contributed by atoms with Gasteiger partial charge in [0, 0.05) is 42.0 Å². The Morgan fingerprint density at radius 3 is 2.72 bits per heavy atom. The minimum absolute atomic E-state index is 0.169. The van der Waals surface area contributed by atoms with Crippen LogP contribution in [0.1, 0.15) is 37.1 Å². The highest BCUT2D eigenvalue weighted by atomic mass is 35.5. The molecule has 0 aliphatic carbocycles. The Morgan fingerprint density at radius 1 is 1.21 bits per heavy atom. The van der Waals surface area contributed by atoms with Gasteiger partial charge in [0.1, 0.15) is 5.82 Å². The maximum Gasteiger partial charge on any atom is 0.191 e. The van der Waals surface area contributed by atoms with Crippen molar-refractivity contribution in [2.45, 2.75) is 32.2 Å². The molecule has 1 saturated heterocycles. The van der Waals surface area contributed by atoms with Crippen LogP contribution in [0.25, 0.3) is 0 Å². The van der Waals surface area contributed by atoms with Gasteiger partial charge >= 0.3 is 0 Å². The lowest BCUT2D eigenvalue weighted by molar-refractivity contribution is 0.246. The monoisotopic (exact) mass is 417 g/mol. The van der Waals surface area contributed by atoms with Gasteiger partial charge in [0.05, 0.1) is 12.6 Å². The van der Waals surface area contributed by atoms with Crippen LogP contribution in [-0.4, -0.2) is 48.6 Å². The van der Waals surface area contributed by atoms with Gasteiger partial charge in [-0.15, -0.1) is 0 Å². The summed E-state index contributed by atoms with van der Waals surface area (Å²) < 4.78 is 14.6. The van der Waals surface area contributed by atoms with Gasteiger partial charge in [0.25, 0.3) is 0 Å². The van der Waals surface area contributed by atoms with Gasteiger partial charge in [0.15, 0.2) is 5.96 Å². The summed E-state index contributed by atoms with van der Waals surface area (Å²) in [5.74, 6) is 0.456. The van der Waals surface area contributed by atoms with Crippen LogP contribution in [0, 0.1) is 5.82 Å². The molecule has 5 nitrogen and oxygen atoms in total. The van der Waals surface area contributed by atoms with Gasteiger partial charge in [-0.25, -0.2) is 4.39 Å². The van der Waals surface area contributed by atoms with Gasteiger partial charge in [0.2, 0.25) is 0 Å². The smallest absolute Gasteiger partial charge is 0.191 e. The molecule has 29 heavy (non-hydrogen) atoms. The van der Waals surface area contributed by atoms with Crippen molar-refractivity contribution in [2.24, 2.45) is 4.99 Å². The molecule has 1 unspecified atom stereocenters. The molecule has 1 fully saturated rings. The van der Waals surface area contributed by atoms with Crippen LogP contribution in [0.3, 0.4) is 0 Å². The van der Waals surface area contributed by atoms with Crippen LogP contribution in [0.2, 0.25) is 5.02 Å². The van der Waals surface area contributed by atoms with Gasteiger partial charge in [-0.05, 0) is 57.1 Å². The molecule has 0 radical (unpaired) electrons. The molecule has 0 saturated carbocycles. The second-order valence-corrected chi connectivity index (χ2v) is 7.52. The van der Waals surface area contributed by atoms with Gasteiger partial charge in [-0.1, -0.05) is 23.7 Å². The minimum atomic E-state index is -0.266. The summed E-state index contributed by atoms with van der Waals surface area (Å²) >= 11 is 6.38. The molecule has 1 aromatic heterocycles. The second kappa shape index (κ2) is 11.1. The number of halogens is 2. The summed E-state index contributed by atoms with van der Waals surface area (Å²) in [5, 5.41) is 7.08. The first-order valence-electron chi connectivity index (χ1n) is 10.3. The molecule has 0 bridgehead atoms. The third kappa shape index (κ3) is 6.15. The fourth-order valence-corrected chi connectivity index (χ4v) is 3.94. The zero-order chi connectivity index (χ0) is 20.5. The molecule has 0 amide bonds. The number of aromatic nitrogens is 1. The van der Waals surface area contributed by atoms with E-state index in [-0.39, 0.29) is 11.9 Å². The SMILES string of the molecule is CCNC(=NCC(c1c(F)cccc1Cl)N1CCCC1)NCCc1ccccn1. The Kier molecular flexibility index (Phi) is 8.25. The summed E-state index contributed by atoms with van der Waals surface area (Å²) in [6, 6.07) is 10.6. The predicted octanol–water partition coefficient (Wildman–Crippen LogP) is 3.81. The van der Waals surface area contributed by atoms with Crippen molar-refractivity contribution in [3.05, 3.63) is 64.7 Å². The van der Waals surface area contributed by atoms with Crippen molar-refractivity contribution >= 4 is 17.6 Å². The number of guanidine groups is 1. The molecule has 156 valence electrons. The number of pyridine rings is 1. The molecule has 2 aromatic rings. The number of nitrogens with zero attached hydrogens (tertiary/aromatic N) is 3. The van der Waals surface area contributed by atoms with Crippen LogP contribution >= 0.6 is 11.6 Å². The van der Waals surface area contributed by atoms with E-state index < -0.39 is 0 Å². The number of hydrogen-bond donors (Lipinski definition) is 2. The Balaban J connectivity index is 1.71. The molecule has 2 N–H and O–H groups in total. The van der Waals surface area contributed by atoms with Gasteiger partial charge in [-0.3, -0.25) is 14.9 Å². The quantitative estimate of drug-likeness (QED) is 0.506. The highest BCUT2D eigenvalue weighted by molar-refractivity contribution is 6.31. The third-order valence-electron chi connectivity index (χ3n) is 5.08. The fourth-order valence-electron chi connectivity index (χ4n) is 3.65. The van der Waals surface area contributed by atoms with Gasteiger partial charge < -0.3 is 10.6 Å². The van der Waals surface area contributed by atoms with E-state index in [9.17, 15) is 4.39 Å². The van der Waals surface area contributed by atoms with E-state index in [4.69, 9.17) is 16.6 Å². The lowest BCUT2D eigenvalue weighted by Gasteiger charge is -2.28. The van der Waals surface area contributed by atoms with Crippen molar-refractivity contribution in [3.8, 4) is 0 Å². The fraction of sp³-hybridized carbons (Fsp3) is 0.455.